The van der Waals surface area contributed by atoms with Crippen LogP contribution < -0.4 is 14.4 Å². The SMILES string of the molecule is COc1cc(OC)cc(-c2csc(N3CCC(S(=O)(=O)c4c(C)cc(C)cc4C)CC3)n2)c1. The summed E-state index contributed by atoms with van der Waals surface area (Å²) in [6, 6.07) is 9.62. The van der Waals surface area contributed by atoms with Crippen LogP contribution in [0.15, 0.2) is 40.6 Å². The van der Waals surface area contributed by atoms with Crippen LogP contribution in [-0.4, -0.2) is 46.0 Å². The fourth-order valence-corrected chi connectivity index (χ4v) is 7.71. The molecule has 0 amide bonds. The van der Waals surface area contributed by atoms with E-state index < -0.39 is 9.84 Å². The molecule has 176 valence electrons. The molecule has 2 heterocycles. The van der Waals surface area contributed by atoms with Gasteiger partial charge in [-0.1, -0.05) is 17.7 Å². The summed E-state index contributed by atoms with van der Waals surface area (Å²) in [4.78, 5) is 7.52. The number of aromatic nitrogens is 1. The van der Waals surface area contributed by atoms with Crippen molar-refractivity contribution in [3.8, 4) is 22.8 Å². The van der Waals surface area contributed by atoms with Gasteiger partial charge in [0.05, 0.1) is 30.1 Å². The van der Waals surface area contributed by atoms with Gasteiger partial charge in [0, 0.05) is 30.1 Å². The summed E-state index contributed by atoms with van der Waals surface area (Å²) in [5.74, 6) is 1.43. The quantitative estimate of drug-likeness (QED) is 0.477. The molecule has 0 unspecified atom stereocenters. The summed E-state index contributed by atoms with van der Waals surface area (Å²) in [5.41, 5.74) is 4.55. The number of rotatable bonds is 6. The summed E-state index contributed by atoms with van der Waals surface area (Å²) in [5, 5.41) is 2.56. The molecule has 0 aliphatic carbocycles. The van der Waals surface area contributed by atoms with E-state index in [2.05, 4.69) is 4.90 Å². The van der Waals surface area contributed by atoms with Gasteiger partial charge in [-0.2, -0.15) is 0 Å². The largest absolute Gasteiger partial charge is 0.497 e. The number of aryl methyl sites for hydroxylation is 3. The van der Waals surface area contributed by atoms with Crippen LogP contribution >= 0.6 is 11.3 Å². The zero-order valence-corrected chi connectivity index (χ0v) is 21.3. The van der Waals surface area contributed by atoms with Crippen molar-refractivity contribution in [3.05, 3.63) is 52.4 Å². The minimum absolute atomic E-state index is 0.365. The molecule has 0 N–H and O–H groups in total. The second kappa shape index (κ2) is 9.35. The first-order valence-electron chi connectivity index (χ1n) is 11.0. The van der Waals surface area contributed by atoms with E-state index >= 15 is 0 Å². The zero-order valence-electron chi connectivity index (χ0n) is 19.7. The van der Waals surface area contributed by atoms with Crippen molar-refractivity contribution in [2.45, 2.75) is 43.8 Å². The molecule has 1 aromatic heterocycles. The summed E-state index contributed by atoms with van der Waals surface area (Å²) < 4.78 is 37.6. The van der Waals surface area contributed by atoms with Gasteiger partial charge in [0.25, 0.3) is 0 Å². The molecule has 6 nitrogen and oxygen atoms in total. The van der Waals surface area contributed by atoms with E-state index in [1.807, 2.05) is 56.5 Å². The van der Waals surface area contributed by atoms with Crippen LogP contribution in [0.3, 0.4) is 0 Å². The smallest absolute Gasteiger partial charge is 0.185 e. The van der Waals surface area contributed by atoms with Crippen LogP contribution in [-0.2, 0) is 9.84 Å². The monoisotopic (exact) mass is 486 g/mol. The Labute approximate surface area is 200 Å². The van der Waals surface area contributed by atoms with Gasteiger partial charge < -0.3 is 14.4 Å². The zero-order chi connectivity index (χ0) is 23.8. The number of hydrogen-bond acceptors (Lipinski definition) is 7. The van der Waals surface area contributed by atoms with Crippen LogP contribution in [0.25, 0.3) is 11.3 Å². The van der Waals surface area contributed by atoms with Gasteiger partial charge in [-0.15, -0.1) is 11.3 Å². The Hall–Kier alpha value is -2.58. The van der Waals surface area contributed by atoms with Crippen molar-refractivity contribution in [2.24, 2.45) is 0 Å². The number of nitrogens with zero attached hydrogens (tertiary/aromatic N) is 2. The van der Waals surface area contributed by atoms with Crippen LogP contribution in [0.1, 0.15) is 29.5 Å². The third-order valence-electron chi connectivity index (χ3n) is 6.18. The van der Waals surface area contributed by atoms with Crippen molar-refractivity contribution < 1.29 is 17.9 Å². The number of sulfone groups is 1. The lowest BCUT2D eigenvalue weighted by atomic mass is 10.1. The molecule has 0 radical (unpaired) electrons. The van der Waals surface area contributed by atoms with Crippen LogP contribution in [0.5, 0.6) is 11.5 Å². The van der Waals surface area contributed by atoms with Crippen molar-refractivity contribution in [3.63, 3.8) is 0 Å². The maximum absolute atomic E-state index is 13.4. The number of methoxy groups -OCH3 is 2. The topological polar surface area (TPSA) is 68.7 Å². The summed E-state index contributed by atoms with van der Waals surface area (Å²) in [7, 11) is -0.115. The van der Waals surface area contributed by atoms with E-state index in [1.54, 1.807) is 25.6 Å². The van der Waals surface area contributed by atoms with Gasteiger partial charge in [0.15, 0.2) is 15.0 Å². The Morgan fingerprint density at radius 1 is 0.939 bits per heavy atom. The molecule has 1 fully saturated rings. The standard InChI is InChI=1S/C25H30N2O4S2/c1-16-10-17(2)24(18(3)11-16)33(28,29)22-6-8-27(9-7-22)25-26-23(15-32-25)19-12-20(30-4)14-21(13-19)31-5/h10-15,22H,6-9H2,1-5H3. The van der Waals surface area contributed by atoms with E-state index in [4.69, 9.17) is 14.5 Å². The van der Waals surface area contributed by atoms with E-state index in [0.717, 1.165) is 33.1 Å². The Kier molecular flexibility index (Phi) is 6.68. The molecular weight excluding hydrogens is 456 g/mol. The molecule has 33 heavy (non-hydrogen) atoms. The number of piperidine rings is 1. The number of thiazole rings is 1. The number of anilines is 1. The molecule has 0 saturated carbocycles. The van der Waals surface area contributed by atoms with Gasteiger partial charge in [-0.3, -0.25) is 0 Å². The van der Waals surface area contributed by atoms with Crippen LogP contribution in [0.4, 0.5) is 5.13 Å². The average Bonchev–Trinajstić information content (AvgIpc) is 3.28. The fraction of sp³-hybridized carbons (Fsp3) is 0.400. The average molecular weight is 487 g/mol. The third-order valence-corrected chi connectivity index (χ3v) is 9.64. The number of ether oxygens (including phenoxy) is 2. The molecule has 1 aliphatic heterocycles. The van der Waals surface area contributed by atoms with Gasteiger partial charge in [-0.25, -0.2) is 13.4 Å². The summed E-state index contributed by atoms with van der Waals surface area (Å²) in [6.45, 7) is 7.13. The Morgan fingerprint density at radius 2 is 1.52 bits per heavy atom. The Balaban J connectivity index is 1.50. The van der Waals surface area contributed by atoms with Crippen molar-refractivity contribution in [2.75, 3.05) is 32.2 Å². The molecular formula is C25H30N2O4S2. The normalized spacial score (nSPS) is 15.0. The molecule has 1 aliphatic rings. The predicted octanol–water partition coefficient (Wildman–Crippen LogP) is 5.20. The third kappa shape index (κ3) is 4.73. The van der Waals surface area contributed by atoms with E-state index in [9.17, 15) is 8.42 Å². The summed E-state index contributed by atoms with van der Waals surface area (Å²) >= 11 is 1.57. The van der Waals surface area contributed by atoms with Gasteiger partial charge in [0.2, 0.25) is 0 Å². The second-order valence-corrected chi connectivity index (χ2v) is 11.6. The van der Waals surface area contributed by atoms with Crippen LogP contribution in [0, 0.1) is 20.8 Å². The van der Waals surface area contributed by atoms with Gasteiger partial charge in [-0.05, 0) is 56.9 Å². The maximum Gasteiger partial charge on any atom is 0.185 e. The molecule has 0 atom stereocenters. The fourth-order valence-electron chi connectivity index (χ4n) is 4.64. The highest BCUT2D eigenvalue weighted by atomic mass is 32.2. The molecule has 8 heteroatoms. The van der Waals surface area contributed by atoms with Gasteiger partial charge >= 0.3 is 0 Å². The van der Waals surface area contributed by atoms with Crippen LogP contribution in [0.2, 0.25) is 0 Å². The second-order valence-electron chi connectivity index (χ2n) is 8.58. The lowest BCUT2D eigenvalue weighted by Crippen LogP contribution is -2.39. The minimum Gasteiger partial charge on any atom is -0.497 e. The molecule has 0 bridgehead atoms. The lowest BCUT2D eigenvalue weighted by Gasteiger charge is -2.32. The molecule has 2 aromatic carbocycles. The van der Waals surface area contributed by atoms with Crippen molar-refractivity contribution in [1.82, 2.24) is 4.98 Å². The van der Waals surface area contributed by atoms with E-state index in [1.165, 1.54) is 0 Å². The summed E-state index contributed by atoms with van der Waals surface area (Å²) in [6.07, 6.45) is 1.19. The molecule has 4 rings (SSSR count). The highest BCUT2D eigenvalue weighted by Crippen LogP contribution is 2.35. The Bertz CT molecular complexity index is 1210. The highest BCUT2D eigenvalue weighted by Gasteiger charge is 2.34. The lowest BCUT2D eigenvalue weighted by molar-refractivity contribution is 0.394. The van der Waals surface area contributed by atoms with E-state index in [-0.39, 0.29) is 5.25 Å². The number of hydrogen-bond donors (Lipinski definition) is 0. The number of benzene rings is 2. The van der Waals surface area contributed by atoms with Crippen molar-refractivity contribution in [1.29, 1.82) is 0 Å². The first-order chi connectivity index (χ1) is 15.7. The van der Waals surface area contributed by atoms with E-state index in [0.29, 0.717) is 42.3 Å². The highest BCUT2D eigenvalue weighted by molar-refractivity contribution is 7.92. The molecule has 3 aromatic rings. The maximum atomic E-state index is 13.4. The molecule has 0 spiro atoms. The minimum atomic E-state index is -3.37. The predicted molar refractivity (Wildman–Crippen MR) is 134 cm³/mol. The van der Waals surface area contributed by atoms with Crippen molar-refractivity contribution >= 4 is 26.3 Å². The Morgan fingerprint density at radius 3 is 2.06 bits per heavy atom. The first kappa shape index (κ1) is 23.6. The molecule has 1 saturated heterocycles. The first-order valence-corrected chi connectivity index (χ1v) is 13.4. The van der Waals surface area contributed by atoms with Gasteiger partial charge in [0.1, 0.15) is 11.5 Å².